The van der Waals surface area contributed by atoms with Crippen molar-refractivity contribution in [2.75, 3.05) is 4.90 Å². The van der Waals surface area contributed by atoms with Gasteiger partial charge in [0.05, 0.1) is 17.8 Å². The van der Waals surface area contributed by atoms with E-state index in [2.05, 4.69) is 4.98 Å². The molecule has 4 fully saturated rings. The molecule has 0 aliphatic heterocycles. The molecule has 4 aliphatic rings. The molecule has 30 heavy (non-hydrogen) atoms. The SMILES string of the molecule is CC(=O)N(c1ccccc1)c1nc(COC(=O)CC23CC4CC(CC(C4)C2)C3)cs1. The molecular weight excluding hydrogens is 396 g/mol. The Balaban J connectivity index is 1.21. The van der Waals surface area contributed by atoms with Crippen LogP contribution in [0.25, 0.3) is 0 Å². The third-order valence-electron chi connectivity index (χ3n) is 7.13. The van der Waals surface area contributed by atoms with Gasteiger partial charge in [0, 0.05) is 12.3 Å². The van der Waals surface area contributed by atoms with E-state index in [0.717, 1.165) is 23.4 Å². The molecule has 0 atom stereocenters. The Bertz CT molecular complexity index is 904. The molecule has 0 saturated heterocycles. The predicted octanol–water partition coefficient (Wildman–Crippen LogP) is 5.48. The van der Waals surface area contributed by atoms with Gasteiger partial charge in [0.15, 0.2) is 5.13 Å². The first-order valence-electron chi connectivity index (χ1n) is 11.0. The molecule has 4 saturated carbocycles. The lowest BCUT2D eigenvalue weighted by Gasteiger charge is -2.56. The van der Waals surface area contributed by atoms with E-state index in [9.17, 15) is 9.59 Å². The third kappa shape index (κ3) is 3.89. The normalized spacial score (nSPS) is 29.0. The van der Waals surface area contributed by atoms with Crippen LogP contribution in [0.15, 0.2) is 35.7 Å². The van der Waals surface area contributed by atoms with Crippen LogP contribution in [-0.2, 0) is 20.9 Å². The number of esters is 1. The summed E-state index contributed by atoms with van der Waals surface area (Å²) < 4.78 is 5.63. The van der Waals surface area contributed by atoms with Gasteiger partial charge in [-0.3, -0.25) is 14.5 Å². The zero-order valence-corrected chi connectivity index (χ0v) is 18.2. The molecule has 5 nitrogen and oxygen atoms in total. The second-order valence-corrected chi connectivity index (χ2v) is 10.4. The minimum atomic E-state index is -0.0991. The summed E-state index contributed by atoms with van der Waals surface area (Å²) in [6.45, 7) is 1.70. The van der Waals surface area contributed by atoms with E-state index in [0.29, 0.717) is 17.2 Å². The molecule has 4 aliphatic carbocycles. The predicted molar refractivity (Wildman–Crippen MR) is 116 cm³/mol. The largest absolute Gasteiger partial charge is 0.459 e. The molecular formula is C24H28N2O3S. The van der Waals surface area contributed by atoms with Crippen LogP contribution in [0.2, 0.25) is 0 Å². The summed E-state index contributed by atoms with van der Waals surface area (Å²) >= 11 is 1.39. The molecule has 0 radical (unpaired) electrons. The van der Waals surface area contributed by atoms with Crippen molar-refractivity contribution in [3.05, 3.63) is 41.4 Å². The van der Waals surface area contributed by atoms with Gasteiger partial charge >= 0.3 is 5.97 Å². The fourth-order valence-electron chi connectivity index (χ4n) is 6.49. The number of anilines is 2. The Hall–Kier alpha value is -2.21. The highest BCUT2D eigenvalue weighted by molar-refractivity contribution is 7.14. The maximum atomic E-state index is 12.7. The molecule has 6 rings (SSSR count). The zero-order chi connectivity index (χ0) is 20.7. The highest BCUT2D eigenvalue weighted by Crippen LogP contribution is 2.61. The number of carbonyl (C=O) groups excluding carboxylic acids is 2. The van der Waals surface area contributed by atoms with Crippen molar-refractivity contribution in [1.29, 1.82) is 0 Å². The van der Waals surface area contributed by atoms with Crippen LogP contribution in [-0.4, -0.2) is 16.9 Å². The fourth-order valence-corrected chi connectivity index (χ4v) is 7.36. The van der Waals surface area contributed by atoms with Gasteiger partial charge in [-0.05, 0) is 73.8 Å². The summed E-state index contributed by atoms with van der Waals surface area (Å²) in [5, 5.41) is 2.47. The van der Waals surface area contributed by atoms with Crippen molar-refractivity contribution >= 4 is 34.0 Å². The summed E-state index contributed by atoms with van der Waals surface area (Å²) in [7, 11) is 0. The maximum absolute atomic E-state index is 12.7. The lowest BCUT2D eigenvalue weighted by molar-refractivity contribution is -0.153. The first-order chi connectivity index (χ1) is 14.5. The van der Waals surface area contributed by atoms with Crippen LogP contribution in [0.3, 0.4) is 0 Å². The summed E-state index contributed by atoms with van der Waals surface area (Å²) in [6, 6.07) is 9.47. The lowest BCUT2D eigenvalue weighted by atomic mass is 9.49. The first kappa shape index (κ1) is 19.7. The number of aromatic nitrogens is 1. The molecule has 6 heteroatoms. The van der Waals surface area contributed by atoms with E-state index in [1.165, 1.54) is 56.8 Å². The first-order valence-corrected chi connectivity index (χ1v) is 11.8. The highest BCUT2D eigenvalue weighted by atomic mass is 32.1. The Morgan fingerprint density at radius 2 is 1.73 bits per heavy atom. The van der Waals surface area contributed by atoms with Crippen molar-refractivity contribution in [3.8, 4) is 0 Å². The number of rotatable bonds is 6. The number of para-hydroxylation sites is 1. The number of ether oxygens (including phenoxy) is 1. The molecule has 1 aromatic heterocycles. The molecule has 0 unspecified atom stereocenters. The summed E-state index contributed by atoms with van der Waals surface area (Å²) in [6.07, 6.45) is 8.31. The number of hydrogen-bond donors (Lipinski definition) is 0. The van der Waals surface area contributed by atoms with Crippen LogP contribution >= 0.6 is 11.3 Å². The van der Waals surface area contributed by atoms with Gasteiger partial charge in [-0.25, -0.2) is 4.98 Å². The molecule has 0 spiro atoms. The molecule has 4 bridgehead atoms. The number of hydrogen-bond acceptors (Lipinski definition) is 5. The van der Waals surface area contributed by atoms with Gasteiger partial charge in [-0.15, -0.1) is 11.3 Å². The summed E-state index contributed by atoms with van der Waals surface area (Å²) in [5.41, 5.74) is 1.67. The van der Waals surface area contributed by atoms with Crippen LogP contribution < -0.4 is 4.90 Å². The second kappa shape index (κ2) is 7.80. The number of nitrogens with zero attached hydrogens (tertiary/aromatic N) is 2. The quantitative estimate of drug-likeness (QED) is 0.576. The van der Waals surface area contributed by atoms with Crippen molar-refractivity contribution < 1.29 is 14.3 Å². The third-order valence-corrected chi connectivity index (χ3v) is 8.00. The smallest absolute Gasteiger partial charge is 0.306 e. The van der Waals surface area contributed by atoms with Gasteiger partial charge in [0.2, 0.25) is 5.91 Å². The monoisotopic (exact) mass is 424 g/mol. The van der Waals surface area contributed by atoms with Gasteiger partial charge in [0.25, 0.3) is 0 Å². The summed E-state index contributed by atoms with van der Waals surface area (Å²) in [4.78, 5) is 31.0. The maximum Gasteiger partial charge on any atom is 0.306 e. The number of benzene rings is 1. The van der Waals surface area contributed by atoms with Crippen LogP contribution in [0.1, 0.15) is 57.6 Å². The second-order valence-electron chi connectivity index (χ2n) is 9.57. The van der Waals surface area contributed by atoms with Gasteiger partial charge in [0.1, 0.15) is 6.61 Å². The minimum Gasteiger partial charge on any atom is -0.459 e. The van der Waals surface area contributed by atoms with Crippen LogP contribution in [0, 0.1) is 23.2 Å². The van der Waals surface area contributed by atoms with Crippen molar-refractivity contribution in [2.45, 2.75) is 58.5 Å². The Morgan fingerprint density at radius 1 is 1.10 bits per heavy atom. The average molecular weight is 425 g/mol. The number of carbonyl (C=O) groups is 2. The molecule has 1 aromatic carbocycles. The lowest BCUT2D eigenvalue weighted by Crippen LogP contribution is -2.47. The topological polar surface area (TPSA) is 59.5 Å². The molecule has 1 heterocycles. The van der Waals surface area contributed by atoms with Gasteiger partial charge < -0.3 is 4.74 Å². The van der Waals surface area contributed by atoms with Crippen molar-refractivity contribution in [3.63, 3.8) is 0 Å². The van der Waals surface area contributed by atoms with E-state index < -0.39 is 0 Å². The minimum absolute atomic E-state index is 0.0964. The zero-order valence-electron chi connectivity index (χ0n) is 17.4. The molecule has 2 aromatic rings. The standard InChI is InChI=1S/C24H28N2O3S/c1-16(27)26(21-5-3-2-4-6-21)23-25-20(15-30-23)14-29-22(28)13-24-10-17-7-18(11-24)9-19(8-17)12-24/h2-6,15,17-19H,7-14H2,1H3. The van der Waals surface area contributed by atoms with Gasteiger partial charge in [-0.1, -0.05) is 18.2 Å². The highest BCUT2D eigenvalue weighted by Gasteiger charge is 2.51. The number of amides is 1. The van der Waals surface area contributed by atoms with Crippen molar-refractivity contribution in [2.24, 2.45) is 23.2 Å². The molecule has 158 valence electrons. The van der Waals surface area contributed by atoms with E-state index in [-0.39, 0.29) is 23.9 Å². The van der Waals surface area contributed by atoms with Gasteiger partial charge in [-0.2, -0.15) is 0 Å². The average Bonchev–Trinajstić information content (AvgIpc) is 3.14. The molecule has 0 N–H and O–H groups in total. The van der Waals surface area contributed by atoms with E-state index in [1.807, 2.05) is 35.7 Å². The Kier molecular flexibility index (Phi) is 5.13. The van der Waals surface area contributed by atoms with E-state index in [1.54, 1.807) is 4.90 Å². The Morgan fingerprint density at radius 3 is 2.33 bits per heavy atom. The Labute approximate surface area is 181 Å². The van der Waals surface area contributed by atoms with Crippen LogP contribution in [0.4, 0.5) is 10.8 Å². The summed E-state index contributed by atoms with van der Waals surface area (Å²) in [5.74, 6) is 2.31. The van der Waals surface area contributed by atoms with E-state index in [4.69, 9.17) is 4.74 Å². The fraction of sp³-hybridized carbons (Fsp3) is 0.542. The molecule has 1 amide bonds. The van der Waals surface area contributed by atoms with E-state index >= 15 is 0 Å². The van der Waals surface area contributed by atoms with Crippen LogP contribution in [0.5, 0.6) is 0 Å². The number of thiazole rings is 1. The van der Waals surface area contributed by atoms with Crippen molar-refractivity contribution in [1.82, 2.24) is 4.98 Å².